The Morgan fingerprint density at radius 3 is 1.72 bits per heavy atom. The van der Waals surface area contributed by atoms with Gasteiger partial charge in [0.05, 0.1) is 33.4 Å². The van der Waals surface area contributed by atoms with Crippen LogP contribution in [0.3, 0.4) is 0 Å². The van der Waals surface area contributed by atoms with E-state index in [-0.39, 0.29) is 12.1 Å². The topological polar surface area (TPSA) is 18.0 Å². The van der Waals surface area contributed by atoms with Crippen molar-refractivity contribution < 1.29 is 0 Å². The fourth-order valence-corrected chi connectivity index (χ4v) is 11.7. The average molecular weight is 765 g/mol. The molecule has 8 aromatic carbocycles. The van der Waals surface area contributed by atoms with Gasteiger partial charge in [0.25, 0.3) is 6.71 Å². The van der Waals surface area contributed by atoms with Gasteiger partial charge in [-0.3, -0.25) is 0 Å². The van der Waals surface area contributed by atoms with Crippen LogP contribution < -0.4 is 21.3 Å². The van der Waals surface area contributed by atoms with Crippen LogP contribution >= 0.6 is 0 Å². The summed E-state index contributed by atoms with van der Waals surface area (Å²) in [6.07, 6.45) is 0. The highest BCUT2D eigenvalue weighted by atomic mass is 15.2. The van der Waals surface area contributed by atoms with Crippen molar-refractivity contribution in [2.75, 3.05) is 4.90 Å². The maximum atomic E-state index is 2.67. The molecule has 2 aliphatic heterocycles. The molecule has 4 nitrogen and oxygen atoms in total. The Balaban J connectivity index is 1.21. The zero-order chi connectivity index (χ0) is 39.4. The minimum absolute atomic E-state index is 0.0437. The minimum atomic E-state index is -0.161. The Hall–Kier alpha value is -7.50. The SMILES string of the molecule is CC1(C)c2ccccc2-c2c1c1cccc3c1n2-c1cc(N(c2ccccc2)c2ccccc2)cc2c1B3c1cccc3c1n-2c1c2ccccc2n(-c2ccccc2)c31. The number of hydrogen-bond donors (Lipinski definition) is 0. The van der Waals surface area contributed by atoms with E-state index >= 15 is 0 Å². The molecule has 0 atom stereocenters. The van der Waals surface area contributed by atoms with Crippen LogP contribution in [-0.4, -0.2) is 20.4 Å². The molecule has 0 N–H and O–H groups in total. The first kappa shape index (κ1) is 32.5. The summed E-state index contributed by atoms with van der Waals surface area (Å²) in [5.41, 5.74) is 22.7. The van der Waals surface area contributed by atoms with Crippen LogP contribution in [0.2, 0.25) is 0 Å². The van der Waals surface area contributed by atoms with Gasteiger partial charge in [-0.1, -0.05) is 147 Å². The van der Waals surface area contributed by atoms with Gasteiger partial charge in [-0.15, -0.1) is 0 Å². The Bertz CT molecular complexity index is 3590. The molecule has 0 unspecified atom stereocenters. The van der Waals surface area contributed by atoms with E-state index in [4.69, 9.17) is 0 Å². The molecule has 60 heavy (non-hydrogen) atoms. The van der Waals surface area contributed by atoms with E-state index in [1.54, 1.807) is 0 Å². The number of nitrogens with zero attached hydrogens (tertiary/aromatic N) is 4. The van der Waals surface area contributed by atoms with E-state index < -0.39 is 0 Å². The summed E-state index contributed by atoms with van der Waals surface area (Å²) >= 11 is 0. The second kappa shape index (κ2) is 11.4. The molecular formula is C55H37BN4. The quantitative estimate of drug-likeness (QED) is 0.163. The highest BCUT2D eigenvalue weighted by molar-refractivity contribution is 7.00. The van der Waals surface area contributed by atoms with E-state index in [2.05, 4.69) is 221 Å². The maximum Gasteiger partial charge on any atom is 0.252 e. The molecule has 0 amide bonds. The van der Waals surface area contributed by atoms with Gasteiger partial charge in [-0.25, -0.2) is 0 Å². The standard InChI is InChI=1S/C55H37BN4/c1-55(2)42-28-14-12-24-38(42)52-48(55)40-26-16-29-43-50(40)59(52)46-32-37(57(34-18-6-3-7-19-34)35-20-8-4-9-21-35)33-47-49(46)56(43)44-30-17-27-41-51(44)60(47)53-39-25-13-15-31-45(39)58(54(41)53)36-22-10-5-11-23-36/h3-33H,1-2H3. The van der Waals surface area contributed by atoms with Gasteiger partial charge in [0.1, 0.15) is 0 Å². The first-order chi connectivity index (χ1) is 29.6. The molecule has 0 radical (unpaired) electrons. The van der Waals surface area contributed by atoms with Crippen LogP contribution in [0.5, 0.6) is 0 Å². The van der Waals surface area contributed by atoms with Crippen LogP contribution in [0, 0.1) is 0 Å². The molecule has 5 heterocycles. The maximum absolute atomic E-state index is 2.67. The van der Waals surface area contributed by atoms with Crippen molar-refractivity contribution in [1.82, 2.24) is 13.7 Å². The van der Waals surface area contributed by atoms with Crippen molar-refractivity contribution in [1.29, 1.82) is 0 Å². The zero-order valence-electron chi connectivity index (χ0n) is 33.3. The third kappa shape index (κ3) is 3.88. The smallest absolute Gasteiger partial charge is 0.252 e. The number of para-hydroxylation sites is 6. The third-order valence-electron chi connectivity index (χ3n) is 13.9. The molecule has 0 saturated carbocycles. The Morgan fingerprint density at radius 2 is 1.00 bits per heavy atom. The van der Waals surface area contributed by atoms with Crippen LogP contribution in [0.1, 0.15) is 25.0 Å². The second-order valence-electron chi connectivity index (χ2n) is 17.3. The van der Waals surface area contributed by atoms with Crippen LogP contribution in [0.25, 0.3) is 72.1 Å². The number of hydrogen-bond acceptors (Lipinski definition) is 1. The van der Waals surface area contributed by atoms with E-state index in [0.29, 0.717) is 0 Å². The Morgan fingerprint density at radius 1 is 0.450 bits per heavy atom. The number of rotatable bonds is 4. The summed E-state index contributed by atoms with van der Waals surface area (Å²) in [5, 5.41) is 3.87. The number of anilines is 3. The Kier molecular flexibility index (Phi) is 6.15. The van der Waals surface area contributed by atoms with Crippen LogP contribution in [0.4, 0.5) is 17.1 Å². The molecule has 0 saturated heterocycles. The lowest BCUT2D eigenvalue weighted by Crippen LogP contribution is -2.59. The first-order valence-electron chi connectivity index (χ1n) is 21.1. The summed E-state index contributed by atoms with van der Waals surface area (Å²) in [4.78, 5) is 2.44. The highest BCUT2D eigenvalue weighted by Crippen LogP contribution is 2.55. The van der Waals surface area contributed by atoms with Gasteiger partial charge in [0.2, 0.25) is 0 Å². The summed E-state index contributed by atoms with van der Waals surface area (Å²) in [7, 11) is 0. The summed E-state index contributed by atoms with van der Waals surface area (Å²) in [6, 6.07) is 69.9. The largest absolute Gasteiger partial charge is 0.310 e. The molecule has 5 heteroatoms. The molecule has 11 aromatic rings. The number of aromatic nitrogens is 3. The lowest BCUT2D eigenvalue weighted by Gasteiger charge is -2.36. The van der Waals surface area contributed by atoms with E-state index in [1.165, 1.54) is 99.6 Å². The second-order valence-corrected chi connectivity index (χ2v) is 17.3. The normalized spacial score (nSPS) is 13.9. The summed E-state index contributed by atoms with van der Waals surface area (Å²) in [5.74, 6) is 0. The first-order valence-corrected chi connectivity index (χ1v) is 21.1. The zero-order valence-corrected chi connectivity index (χ0v) is 33.3. The van der Waals surface area contributed by atoms with Gasteiger partial charge in [0.15, 0.2) is 0 Å². The van der Waals surface area contributed by atoms with Crippen molar-refractivity contribution in [3.05, 3.63) is 199 Å². The molecule has 14 rings (SSSR count). The van der Waals surface area contributed by atoms with Crippen molar-refractivity contribution >= 4 is 83.9 Å². The number of benzene rings is 8. The van der Waals surface area contributed by atoms with Gasteiger partial charge in [-0.2, -0.15) is 0 Å². The highest BCUT2D eigenvalue weighted by Gasteiger charge is 2.47. The predicted molar refractivity (Wildman–Crippen MR) is 251 cm³/mol. The average Bonchev–Trinajstić information content (AvgIpc) is 4.00. The minimum Gasteiger partial charge on any atom is -0.310 e. The molecule has 1 aliphatic carbocycles. The fraction of sp³-hybridized carbons (Fsp3) is 0.0545. The van der Waals surface area contributed by atoms with E-state index in [0.717, 1.165) is 17.1 Å². The number of fused-ring (bicyclic) bond motifs is 14. The predicted octanol–water partition coefficient (Wildman–Crippen LogP) is 11.6. The molecule has 3 aromatic heterocycles. The molecule has 3 aliphatic rings. The molecular weight excluding hydrogens is 727 g/mol. The molecule has 280 valence electrons. The van der Waals surface area contributed by atoms with Crippen LogP contribution in [0.15, 0.2) is 188 Å². The lowest BCUT2D eigenvalue weighted by molar-refractivity contribution is 0.666. The Labute approximate surface area is 347 Å². The van der Waals surface area contributed by atoms with Crippen molar-refractivity contribution in [2.24, 2.45) is 0 Å². The van der Waals surface area contributed by atoms with E-state index in [9.17, 15) is 0 Å². The molecule has 0 fully saturated rings. The summed E-state index contributed by atoms with van der Waals surface area (Å²) in [6.45, 7) is 4.88. The molecule has 0 spiro atoms. The third-order valence-corrected chi connectivity index (χ3v) is 13.9. The van der Waals surface area contributed by atoms with Crippen molar-refractivity contribution in [3.8, 4) is 28.3 Å². The van der Waals surface area contributed by atoms with Gasteiger partial charge >= 0.3 is 0 Å². The lowest BCUT2D eigenvalue weighted by atomic mass is 9.34. The van der Waals surface area contributed by atoms with Crippen LogP contribution in [-0.2, 0) is 5.41 Å². The fourth-order valence-electron chi connectivity index (χ4n) is 11.7. The van der Waals surface area contributed by atoms with E-state index in [1.807, 2.05) is 0 Å². The van der Waals surface area contributed by atoms with Gasteiger partial charge in [-0.05, 0) is 82.1 Å². The summed E-state index contributed by atoms with van der Waals surface area (Å²) < 4.78 is 7.80. The monoisotopic (exact) mass is 764 g/mol. The molecule has 0 bridgehead atoms. The van der Waals surface area contributed by atoms with Gasteiger partial charge < -0.3 is 18.6 Å². The van der Waals surface area contributed by atoms with Gasteiger partial charge in [0, 0.05) is 61.1 Å². The van der Waals surface area contributed by atoms with Crippen molar-refractivity contribution in [3.63, 3.8) is 0 Å². The van der Waals surface area contributed by atoms with Crippen molar-refractivity contribution in [2.45, 2.75) is 19.3 Å².